The molecule has 3 aromatic rings. The van der Waals surface area contributed by atoms with E-state index in [1.165, 1.54) is 0 Å². The molecule has 25 heavy (non-hydrogen) atoms. The molecule has 0 aliphatic carbocycles. The van der Waals surface area contributed by atoms with E-state index in [1.54, 1.807) is 6.20 Å². The van der Waals surface area contributed by atoms with Gasteiger partial charge in [0.25, 0.3) is 5.91 Å². The highest BCUT2D eigenvalue weighted by atomic mass is 16.2. The third-order valence-electron chi connectivity index (χ3n) is 4.53. The molecule has 1 aliphatic heterocycles. The zero-order valence-electron chi connectivity index (χ0n) is 14.4. The number of hydrogen-bond acceptors (Lipinski definition) is 3. The van der Waals surface area contributed by atoms with E-state index in [2.05, 4.69) is 42.3 Å². The van der Waals surface area contributed by atoms with Crippen LogP contribution in [0.25, 0.3) is 10.9 Å². The first-order chi connectivity index (χ1) is 12.1. The maximum atomic E-state index is 13.1. The van der Waals surface area contributed by atoms with Crippen LogP contribution >= 0.6 is 0 Å². The van der Waals surface area contributed by atoms with Gasteiger partial charge in [-0.05, 0) is 41.8 Å². The van der Waals surface area contributed by atoms with E-state index in [0.717, 1.165) is 27.7 Å². The molecule has 4 rings (SSSR count). The summed E-state index contributed by atoms with van der Waals surface area (Å²) in [5.41, 5.74) is 3.67. The number of benzene rings is 2. The van der Waals surface area contributed by atoms with Crippen molar-refractivity contribution < 1.29 is 4.79 Å². The number of para-hydroxylation sites is 1. The highest BCUT2D eigenvalue weighted by Crippen LogP contribution is 2.34. The molecule has 1 unspecified atom stereocenters. The van der Waals surface area contributed by atoms with E-state index in [-0.39, 0.29) is 12.1 Å². The Kier molecular flexibility index (Phi) is 3.88. The van der Waals surface area contributed by atoms with Crippen molar-refractivity contribution in [2.24, 2.45) is 5.92 Å². The first-order valence-corrected chi connectivity index (χ1v) is 8.64. The SMILES string of the molecule is CC(C)CN1C(=O)c2ccccc2NC1c1ccc2ncccc2c1. The number of carbonyl (C=O) groups excluding carboxylic acids is 1. The third kappa shape index (κ3) is 2.84. The predicted octanol–water partition coefficient (Wildman–Crippen LogP) is 4.46. The topological polar surface area (TPSA) is 45.2 Å². The molecule has 0 spiro atoms. The van der Waals surface area contributed by atoms with Crippen LogP contribution < -0.4 is 5.32 Å². The molecule has 0 saturated heterocycles. The maximum absolute atomic E-state index is 13.1. The molecule has 1 atom stereocenters. The molecule has 1 aliphatic rings. The molecule has 2 aromatic carbocycles. The van der Waals surface area contributed by atoms with Gasteiger partial charge in [-0.15, -0.1) is 0 Å². The standard InChI is InChI=1S/C21H21N3O/c1-14(2)13-24-20(23-19-8-4-3-7-17(19)21(24)25)16-9-10-18-15(12-16)6-5-11-22-18/h3-12,14,20,23H,13H2,1-2H3. The molecule has 4 heteroatoms. The molecule has 1 aromatic heterocycles. The highest BCUT2D eigenvalue weighted by molar-refractivity contribution is 6.01. The van der Waals surface area contributed by atoms with Gasteiger partial charge in [-0.25, -0.2) is 0 Å². The zero-order chi connectivity index (χ0) is 17.4. The van der Waals surface area contributed by atoms with Crippen LogP contribution in [-0.4, -0.2) is 22.3 Å². The van der Waals surface area contributed by atoms with E-state index in [4.69, 9.17) is 0 Å². The zero-order valence-corrected chi connectivity index (χ0v) is 14.4. The van der Waals surface area contributed by atoms with Crippen LogP contribution in [0.15, 0.2) is 60.8 Å². The molecular weight excluding hydrogens is 310 g/mol. The molecule has 1 amide bonds. The summed E-state index contributed by atoms with van der Waals surface area (Å²) in [5.74, 6) is 0.472. The van der Waals surface area contributed by atoms with Gasteiger partial charge in [0.1, 0.15) is 6.17 Å². The Morgan fingerprint density at radius 2 is 1.96 bits per heavy atom. The smallest absolute Gasteiger partial charge is 0.257 e. The molecule has 0 radical (unpaired) electrons. The summed E-state index contributed by atoms with van der Waals surface area (Å²) in [6.07, 6.45) is 1.63. The average molecular weight is 331 g/mol. The van der Waals surface area contributed by atoms with E-state index in [1.807, 2.05) is 41.3 Å². The summed E-state index contributed by atoms with van der Waals surface area (Å²) in [6.45, 7) is 4.97. The Bertz CT molecular complexity index is 935. The average Bonchev–Trinajstić information content (AvgIpc) is 2.63. The fraction of sp³-hybridized carbons (Fsp3) is 0.238. The lowest BCUT2D eigenvalue weighted by atomic mass is 10.0. The minimum Gasteiger partial charge on any atom is -0.361 e. The van der Waals surface area contributed by atoms with Gasteiger partial charge in [0, 0.05) is 23.8 Å². The normalized spacial score (nSPS) is 16.8. The Balaban J connectivity index is 1.80. The lowest BCUT2D eigenvalue weighted by Crippen LogP contribution is -2.44. The predicted molar refractivity (Wildman–Crippen MR) is 100 cm³/mol. The molecule has 0 fully saturated rings. The second kappa shape index (κ2) is 6.20. The number of fused-ring (bicyclic) bond motifs is 2. The lowest BCUT2D eigenvalue weighted by Gasteiger charge is -2.39. The van der Waals surface area contributed by atoms with Crippen molar-refractivity contribution in [3.05, 3.63) is 71.9 Å². The fourth-order valence-electron chi connectivity index (χ4n) is 3.40. The second-order valence-corrected chi connectivity index (χ2v) is 6.90. The number of amides is 1. The summed E-state index contributed by atoms with van der Waals surface area (Å²) >= 11 is 0. The van der Waals surface area contributed by atoms with Gasteiger partial charge in [-0.2, -0.15) is 0 Å². The van der Waals surface area contributed by atoms with Crippen LogP contribution in [0, 0.1) is 5.92 Å². The first-order valence-electron chi connectivity index (χ1n) is 8.64. The van der Waals surface area contributed by atoms with Gasteiger partial charge in [0.15, 0.2) is 0 Å². The Labute approximate surface area is 147 Å². The molecule has 0 bridgehead atoms. The van der Waals surface area contributed by atoms with Crippen LogP contribution in [0.1, 0.15) is 35.9 Å². The number of aromatic nitrogens is 1. The number of nitrogens with one attached hydrogen (secondary N) is 1. The third-order valence-corrected chi connectivity index (χ3v) is 4.53. The molecule has 2 heterocycles. The lowest BCUT2D eigenvalue weighted by molar-refractivity contribution is 0.0658. The van der Waals surface area contributed by atoms with E-state index < -0.39 is 0 Å². The van der Waals surface area contributed by atoms with Gasteiger partial charge in [0.2, 0.25) is 0 Å². The van der Waals surface area contributed by atoms with Crippen LogP contribution in [0.3, 0.4) is 0 Å². The van der Waals surface area contributed by atoms with Crippen molar-refractivity contribution in [2.75, 3.05) is 11.9 Å². The quantitative estimate of drug-likeness (QED) is 0.771. The second-order valence-electron chi connectivity index (χ2n) is 6.90. The monoisotopic (exact) mass is 331 g/mol. The van der Waals surface area contributed by atoms with Gasteiger partial charge in [0.05, 0.1) is 11.1 Å². The molecule has 0 saturated carbocycles. The minimum atomic E-state index is -0.172. The number of pyridine rings is 1. The van der Waals surface area contributed by atoms with Gasteiger partial charge in [-0.3, -0.25) is 9.78 Å². The van der Waals surface area contributed by atoms with Crippen LogP contribution in [0.4, 0.5) is 5.69 Å². The van der Waals surface area contributed by atoms with Crippen molar-refractivity contribution >= 4 is 22.5 Å². The molecule has 126 valence electrons. The largest absolute Gasteiger partial charge is 0.361 e. The van der Waals surface area contributed by atoms with Crippen molar-refractivity contribution in [3.8, 4) is 0 Å². The van der Waals surface area contributed by atoms with Crippen LogP contribution in [0.2, 0.25) is 0 Å². The number of rotatable bonds is 3. The van der Waals surface area contributed by atoms with Crippen LogP contribution in [-0.2, 0) is 0 Å². The van der Waals surface area contributed by atoms with Crippen molar-refractivity contribution in [3.63, 3.8) is 0 Å². The molecule has 4 nitrogen and oxygen atoms in total. The summed E-state index contributed by atoms with van der Waals surface area (Å²) in [4.78, 5) is 19.4. The number of hydrogen-bond donors (Lipinski definition) is 1. The van der Waals surface area contributed by atoms with Gasteiger partial charge in [-0.1, -0.05) is 38.1 Å². The van der Waals surface area contributed by atoms with Gasteiger partial charge < -0.3 is 10.2 Å². The number of nitrogens with zero attached hydrogens (tertiary/aromatic N) is 2. The molecular formula is C21H21N3O. The van der Waals surface area contributed by atoms with Crippen molar-refractivity contribution in [1.82, 2.24) is 9.88 Å². The first kappa shape index (κ1) is 15.6. The van der Waals surface area contributed by atoms with Crippen LogP contribution in [0.5, 0.6) is 0 Å². The Hall–Kier alpha value is -2.88. The maximum Gasteiger partial charge on any atom is 0.257 e. The molecule has 1 N–H and O–H groups in total. The summed E-state index contributed by atoms with van der Waals surface area (Å²) in [7, 11) is 0. The Morgan fingerprint density at radius 1 is 1.12 bits per heavy atom. The van der Waals surface area contributed by atoms with E-state index in [0.29, 0.717) is 12.5 Å². The van der Waals surface area contributed by atoms with E-state index >= 15 is 0 Å². The minimum absolute atomic E-state index is 0.0827. The Morgan fingerprint density at radius 3 is 2.80 bits per heavy atom. The fourth-order valence-corrected chi connectivity index (χ4v) is 3.40. The number of anilines is 1. The highest BCUT2D eigenvalue weighted by Gasteiger charge is 2.33. The van der Waals surface area contributed by atoms with E-state index in [9.17, 15) is 4.79 Å². The number of carbonyl (C=O) groups is 1. The summed E-state index contributed by atoms with van der Waals surface area (Å²) in [6, 6.07) is 17.9. The summed E-state index contributed by atoms with van der Waals surface area (Å²) in [5, 5.41) is 4.63. The van der Waals surface area contributed by atoms with Crippen molar-refractivity contribution in [1.29, 1.82) is 0 Å². The summed E-state index contributed by atoms with van der Waals surface area (Å²) < 4.78 is 0. The van der Waals surface area contributed by atoms with Crippen molar-refractivity contribution in [2.45, 2.75) is 20.0 Å². The van der Waals surface area contributed by atoms with Gasteiger partial charge >= 0.3 is 0 Å².